The average molecular weight is 254 g/mol. The largest absolute Gasteiger partial charge is 0.488 e. The Morgan fingerprint density at radius 3 is 3.12 bits per heavy atom. The summed E-state index contributed by atoms with van der Waals surface area (Å²) in [6.07, 6.45) is 2.28. The molecule has 3 heteroatoms. The van der Waals surface area contributed by atoms with Crippen LogP contribution >= 0.6 is 11.6 Å². The van der Waals surface area contributed by atoms with Gasteiger partial charge in [-0.05, 0) is 31.9 Å². The minimum atomic E-state index is 0.268. The van der Waals surface area contributed by atoms with E-state index in [1.54, 1.807) is 0 Å². The lowest BCUT2D eigenvalue weighted by Crippen LogP contribution is -2.36. The van der Waals surface area contributed by atoms with Crippen molar-refractivity contribution in [3.63, 3.8) is 0 Å². The first kappa shape index (κ1) is 12.7. The van der Waals surface area contributed by atoms with E-state index >= 15 is 0 Å². The molecule has 1 heterocycles. The Labute approximate surface area is 108 Å². The molecule has 2 nitrogen and oxygen atoms in total. The predicted molar refractivity (Wildman–Crippen MR) is 72.1 cm³/mol. The highest BCUT2D eigenvalue weighted by atomic mass is 35.5. The van der Waals surface area contributed by atoms with Crippen molar-refractivity contribution in [3.05, 3.63) is 29.3 Å². The van der Waals surface area contributed by atoms with Gasteiger partial charge in [0.05, 0.1) is 0 Å². The molecule has 1 N–H and O–H groups in total. The van der Waals surface area contributed by atoms with E-state index in [4.69, 9.17) is 16.3 Å². The SMILES string of the molecule is Cc1ccc2c(c1)CC(CNC(C)CCCl)O2. The van der Waals surface area contributed by atoms with Gasteiger partial charge in [-0.1, -0.05) is 17.7 Å². The van der Waals surface area contributed by atoms with Gasteiger partial charge in [0.15, 0.2) is 0 Å². The van der Waals surface area contributed by atoms with Crippen molar-refractivity contribution in [1.82, 2.24) is 5.32 Å². The van der Waals surface area contributed by atoms with Crippen molar-refractivity contribution in [2.24, 2.45) is 0 Å². The first-order valence-electron chi connectivity index (χ1n) is 6.24. The molecule has 0 saturated heterocycles. The van der Waals surface area contributed by atoms with Crippen LogP contribution in [0, 0.1) is 6.92 Å². The maximum absolute atomic E-state index is 5.89. The zero-order valence-corrected chi connectivity index (χ0v) is 11.3. The zero-order chi connectivity index (χ0) is 12.3. The number of hydrogen-bond acceptors (Lipinski definition) is 2. The number of benzene rings is 1. The number of hydrogen-bond donors (Lipinski definition) is 1. The summed E-state index contributed by atoms with van der Waals surface area (Å²) < 4.78 is 5.89. The Balaban J connectivity index is 1.84. The lowest BCUT2D eigenvalue weighted by atomic mass is 10.1. The topological polar surface area (TPSA) is 21.3 Å². The molecule has 0 saturated carbocycles. The van der Waals surface area contributed by atoms with Crippen LogP contribution in [0.2, 0.25) is 0 Å². The molecule has 1 aromatic carbocycles. The maximum Gasteiger partial charge on any atom is 0.123 e. The summed E-state index contributed by atoms with van der Waals surface area (Å²) in [5, 5.41) is 3.47. The summed E-state index contributed by atoms with van der Waals surface area (Å²) in [6, 6.07) is 6.86. The van der Waals surface area contributed by atoms with Crippen molar-refractivity contribution in [1.29, 1.82) is 0 Å². The van der Waals surface area contributed by atoms with Crippen LogP contribution in [0.25, 0.3) is 0 Å². The third kappa shape index (κ3) is 3.36. The average Bonchev–Trinajstić information content (AvgIpc) is 2.68. The van der Waals surface area contributed by atoms with Gasteiger partial charge >= 0.3 is 0 Å². The fourth-order valence-corrected chi connectivity index (χ4v) is 2.49. The van der Waals surface area contributed by atoms with Crippen LogP contribution in [-0.4, -0.2) is 24.6 Å². The van der Waals surface area contributed by atoms with E-state index in [-0.39, 0.29) is 6.10 Å². The van der Waals surface area contributed by atoms with Crippen LogP contribution in [0.1, 0.15) is 24.5 Å². The smallest absolute Gasteiger partial charge is 0.123 e. The first-order chi connectivity index (χ1) is 8.19. The number of alkyl halides is 1. The van der Waals surface area contributed by atoms with Crippen LogP contribution in [0.15, 0.2) is 18.2 Å². The van der Waals surface area contributed by atoms with Crippen molar-refractivity contribution >= 4 is 11.6 Å². The molecule has 0 spiro atoms. The molecule has 1 aliphatic heterocycles. The van der Waals surface area contributed by atoms with Crippen LogP contribution in [-0.2, 0) is 6.42 Å². The van der Waals surface area contributed by atoms with E-state index < -0.39 is 0 Å². The normalized spacial score (nSPS) is 19.8. The summed E-state index contributed by atoms with van der Waals surface area (Å²) in [4.78, 5) is 0. The van der Waals surface area contributed by atoms with Gasteiger partial charge in [0.25, 0.3) is 0 Å². The molecule has 0 fully saturated rings. The molecule has 2 rings (SSSR count). The molecular weight excluding hydrogens is 234 g/mol. The van der Waals surface area contributed by atoms with E-state index in [2.05, 4.69) is 37.4 Å². The van der Waals surface area contributed by atoms with Crippen molar-refractivity contribution < 1.29 is 4.74 Å². The Kier molecular flexibility index (Phi) is 4.30. The van der Waals surface area contributed by atoms with Crippen molar-refractivity contribution in [2.45, 2.75) is 38.8 Å². The molecule has 2 unspecified atom stereocenters. The third-order valence-corrected chi connectivity index (χ3v) is 3.41. The molecule has 0 aromatic heterocycles. The molecule has 17 heavy (non-hydrogen) atoms. The Morgan fingerprint density at radius 1 is 1.53 bits per heavy atom. The van der Waals surface area contributed by atoms with Gasteiger partial charge in [0.1, 0.15) is 11.9 Å². The number of fused-ring (bicyclic) bond motifs is 1. The molecule has 1 aromatic rings. The second kappa shape index (κ2) is 5.74. The highest BCUT2D eigenvalue weighted by Crippen LogP contribution is 2.29. The molecule has 1 aliphatic rings. The van der Waals surface area contributed by atoms with Gasteiger partial charge in [-0.15, -0.1) is 11.6 Å². The second-order valence-corrected chi connectivity index (χ2v) is 5.22. The second-order valence-electron chi connectivity index (χ2n) is 4.84. The highest BCUT2D eigenvalue weighted by Gasteiger charge is 2.22. The number of rotatable bonds is 5. The van der Waals surface area contributed by atoms with Gasteiger partial charge in [0, 0.05) is 24.9 Å². The standard InChI is InChI=1S/C14H20ClNO/c1-10-3-4-14-12(7-10)8-13(17-14)9-16-11(2)5-6-15/h3-4,7,11,13,16H,5-6,8-9H2,1-2H3. The van der Waals surface area contributed by atoms with E-state index in [0.29, 0.717) is 11.9 Å². The number of nitrogens with one attached hydrogen (secondary N) is 1. The number of aryl methyl sites for hydroxylation is 1. The van der Waals surface area contributed by atoms with Gasteiger partial charge < -0.3 is 10.1 Å². The summed E-state index contributed by atoms with van der Waals surface area (Å²) in [5.41, 5.74) is 2.64. The molecule has 0 aliphatic carbocycles. The lowest BCUT2D eigenvalue weighted by Gasteiger charge is -2.16. The summed E-state index contributed by atoms with van der Waals surface area (Å²) in [7, 11) is 0. The zero-order valence-electron chi connectivity index (χ0n) is 10.5. The van der Waals surface area contributed by atoms with Gasteiger partial charge in [-0.3, -0.25) is 0 Å². The monoisotopic (exact) mass is 253 g/mol. The lowest BCUT2D eigenvalue weighted by molar-refractivity contribution is 0.222. The van der Waals surface area contributed by atoms with Crippen LogP contribution in [0.5, 0.6) is 5.75 Å². The fraction of sp³-hybridized carbons (Fsp3) is 0.571. The van der Waals surface area contributed by atoms with E-state index in [9.17, 15) is 0 Å². The van der Waals surface area contributed by atoms with E-state index in [1.807, 2.05) is 0 Å². The minimum Gasteiger partial charge on any atom is -0.488 e. The van der Waals surface area contributed by atoms with Crippen LogP contribution in [0.4, 0.5) is 0 Å². The maximum atomic E-state index is 5.89. The summed E-state index contributed by atoms with van der Waals surface area (Å²) in [5.74, 6) is 1.76. The molecule has 0 bridgehead atoms. The van der Waals surface area contributed by atoms with Crippen molar-refractivity contribution in [3.8, 4) is 5.75 Å². The van der Waals surface area contributed by atoms with Crippen LogP contribution in [0.3, 0.4) is 0 Å². The Morgan fingerprint density at radius 2 is 2.35 bits per heavy atom. The quantitative estimate of drug-likeness (QED) is 0.815. The minimum absolute atomic E-state index is 0.268. The van der Waals surface area contributed by atoms with Crippen LogP contribution < -0.4 is 10.1 Å². The molecule has 0 amide bonds. The Bertz CT molecular complexity index is 380. The Hall–Kier alpha value is -0.730. The van der Waals surface area contributed by atoms with Gasteiger partial charge in [-0.2, -0.15) is 0 Å². The fourth-order valence-electron chi connectivity index (χ4n) is 2.16. The number of halogens is 1. The van der Waals surface area contributed by atoms with Gasteiger partial charge in [0.2, 0.25) is 0 Å². The molecule has 94 valence electrons. The summed E-state index contributed by atoms with van der Waals surface area (Å²) >= 11 is 5.71. The first-order valence-corrected chi connectivity index (χ1v) is 6.78. The predicted octanol–water partition coefficient (Wildman–Crippen LogP) is 2.91. The number of ether oxygens (including phenoxy) is 1. The van der Waals surface area contributed by atoms with E-state index in [0.717, 1.165) is 25.1 Å². The highest BCUT2D eigenvalue weighted by molar-refractivity contribution is 6.17. The molecular formula is C14H20ClNO. The third-order valence-electron chi connectivity index (χ3n) is 3.19. The summed E-state index contributed by atoms with van der Waals surface area (Å²) in [6.45, 7) is 5.18. The van der Waals surface area contributed by atoms with E-state index in [1.165, 1.54) is 11.1 Å². The van der Waals surface area contributed by atoms with Crippen molar-refractivity contribution in [2.75, 3.05) is 12.4 Å². The van der Waals surface area contributed by atoms with Gasteiger partial charge in [-0.25, -0.2) is 0 Å². The molecule has 2 atom stereocenters. The molecule has 0 radical (unpaired) electrons.